The summed E-state index contributed by atoms with van der Waals surface area (Å²) in [7, 11) is 2.07. The van der Waals surface area contributed by atoms with Gasteiger partial charge in [-0.3, -0.25) is 0 Å². The predicted octanol–water partition coefficient (Wildman–Crippen LogP) is 3.75. The van der Waals surface area contributed by atoms with Crippen LogP contribution >= 0.6 is 0 Å². The fraction of sp³-hybridized carbons (Fsp3) is 0.444. The van der Waals surface area contributed by atoms with Gasteiger partial charge in [-0.15, -0.1) is 0 Å². The summed E-state index contributed by atoms with van der Waals surface area (Å²) in [6.07, 6.45) is 8.47. The number of benzene rings is 1. The second-order valence-corrected chi connectivity index (χ2v) is 6.06. The van der Waals surface area contributed by atoms with E-state index in [1.54, 1.807) is 0 Å². The normalized spacial score (nSPS) is 18.1. The maximum atomic E-state index is 3.44. The molecule has 2 aromatic rings. The number of aryl methyl sites for hydroxylation is 3. The summed E-state index contributed by atoms with van der Waals surface area (Å²) in [6, 6.07) is 7.32. The zero-order valence-corrected chi connectivity index (χ0v) is 12.7. The molecule has 2 heteroatoms. The molecule has 2 nitrogen and oxygen atoms in total. The molecule has 1 N–H and O–H groups in total. The molecule has 0 saturated carbocycles. The van der Waals surface area contributed by atoms with E-state index in [2.05, 4.69) is 61.4 Å². The van der Waals surface area contributed by atoms with E-state index in [-0.39, 0.29) is 0 Å². The SMILES string of the molecule is CNC1CCCc2cn(Cc3ccc(C)c(C)c3)cc21. The molecule has 1 aliphatic rings. The number of rotatable bonds is 3. The van der Waals surface area contributed by atoms with E-state index >= 15 is 0 Å². The number of nitrogens with one attached hydrogen (secondary N) is 1. The van der Waals surface area contributed by atoms with Crippen molar-refractivity contribution in [3.63, 3.8) is 0 Å². The molecule has 1 atom stereocenters. The molecular weight excluding hydrogens is 244 g/mol. The van der Waals surface area contributed by atoms with Crippen molar-refractivity contribution in [2.45, 2.75) is 45.7 Å². The van der Waals surface area contributed by atoms with E-state index in [9.17, 15) is 0 Å². The van der Waals surface area contributed by atoms with Gasteiger partial charge in [-0.1, -0.05) is 18.2 Å². The Balaban J connectivity index is 1.84. The van der Waals surface area contributed by atoms with Crippen LogP contribution in [0, 0.1) is 13.8 Å². The minimum atomic E-state index is 0.541. The minimum absolute atomic E-state index is 0.541. The fourth-order valence-corrected chi connectivity index (χ4v) is 3.25. The van der Waals surface area contributed by atoms with E-state index in [4.69, 9.17) is 0 Å². The molecule has 0 fully saturated rings. The van der Waals surface area contributed by atoms with Gasteiger partial charge in [0.2, 0.25) is 0 Å². The van der Waals surface area contributed by atoms with Gasteiger partial charge in [0.1, 0.15) is 0 Å². The highest BCUT2D eigenvalue weighted by molar-refractivity contribution is 5.33. The standard InChI is InChI=1S/C18H24N2/c1-13-7-8-15(9-14(13)2)10-20-11-16-5-4-6-18(19-3)17(16)12-20/h7-9,11-12,18-19H,4-6,10H2,1-3H3. The number of nitrogens with zero attached hydrogens (tertiary/aromatic N) is 1. The van der Waals surface area contributed by atoms with Crippen LogP contribution in [0.15, 0.2) is 30.6 Å². The van der Waals surface area contributed by atoms with Crippen molar-refractivity contribution in [3.05, 3.63) is 58.4 Å². The molecule has 0 bridgehead atoms. The third-order valence-corrected chi connectivity index (χ3v) is 4.60. The lowest BCUT2D eigenvalue weighted by atomic mass is 9.91. The summed E-state index contributed by atoms with van der Waals surface area (Å²) in [5.74, 6) is 0. The number of aromatic nitrogens is 1. The summed E-state index contributed by atoms with van der Waals surface area (Å²) in [6.45, 7) is 5.34. The number of hydrogen-bond acceptors (Lipinski definition) is 1. The Morgan fingerprint density at radius 3 is 2.80 bits per heavy atom. The first kappa shape index (κ1) is 13.4. The lowest BCUT2D eigenvalue weighted by Crippen LogP contribution is -2.20. The molecule has 1 aliphatic carbocycles. The Kier molecular flexibility index (Phi) is 3.66. The molecule has 1 unspecified atom stereocenters. The van der Waals surface area contributed by atoms with Crippen molar-refractivity contribution in [1.29, 1.82) is 0 Å². The first-order valence-electron chi connectivity index (χ1n) is 7.59. The lowest BCUT2D eigenvalue weighted by Gasteiger charge is -2.21. The third kappa shape index (κ3) is 2.53. The highest BCUT2D eigenvalue weighted by Gasteiger charge is 2.20. The van der Waals surface area contributed by atoms with Gasteiger partial charge in [-0.05, 0) is 68.0 Å². The van der Waals surface area contributed by atoms with Crippen LogP contribution in [0.5, 0.6) is 0 Å². The van der Waals surface area contributed by atoms with Crippen molar-refractivity contribution in [2.24, 2.45) is 0 Å². The van der Waals surface area contributed by atoms with E-state index in [1.807, 2.05) is 0 Å². The van der Waals surface area contributed by atoms with Crippen molar-refractivity contribution in [2.75, 3.05) is 7.05 Å². The first-order valence-corrected chi connectivity index (χ1v) is 7.59. The highest BCUT2D eigenvalue weighted by Crippen LogP contribution is 2.30. The van der Waals surface area contributed by atoms with Crippen LogP contribution in [0.25, 0.3) is 0 Å². The van der Waals surface area contributed by atoms with Crippen LogP contribution in [0.2, 0.25) is 0 Å². The molecule has 0 amide bonds. The summed E-state index contributed by atoms with van der Waals surface area (Å²) in [5.41, 5.74) is 7.17. The summed E-state index contributed by atoms with van der Waals surface area (Å²) < 4.78 is 2.35. The van der Waals surface area contributed by atoms with Crippen molar-refractivity contribution >= 4 is 0 Å². The average molecular weight is 268 g/mol. The molecule has 1 aromatic carbocycles. The van der Waals surface area contributed by atoms with Crippen LogP contribution in [0.3, 0.4) is 0 Å². The molecule has 106 valence electrons. The van der Waals surface area contributed by atoms with Crippen LogP contribution in [-0.4, -0.2) is 11.6 Å². The molecule has 0 spiro atoms. The molecule has 0 radical (unpaired) electrons. The van der Waals surface area contributed by atoms with Gasteiger partial charge in [0.05, 0.1) is 0 Å². The lowest BCUT2D eigenvalue weighted by molar-refractivity contribution is 0.498. The molecule has 1 heterocycles. The van der Waals surface area contributed by atoms with Crippen LogP contribution in [0.1, 0.15) is 46.7 Å². The van der Waals surface area contributed by atoms with Gasteiger partial charge in [-0.25, -0.2) is 0 Å². The van der Waals surface area contributed by atoms with E-state index < -0.39 is 0 Å². The second-order valence-electron chi connectivity index (χ2n) is 6.06. The third-order valence-electron chi connectivity index (χ3n) is 4.60. The van der Waals surface area contributed by atoms with E-state index in [0.717, 1.165) is 6.54 Å². The average Bonchev–Trinajstić information content (AvgIpc) is 2.85. The van der Waals surface area contributed by atoms with Crippen LogP contribution < -0.4 is 5.32 Å². The monoisotopic (exact) mass is 268 g/mol. The Bertz CT molecular complexity index is 610. The van der Waals surface area contributed by atoms with Crippen molar-refractivity contribution in [3.8, 4) is 0 Å². The summed E-state index contributed by atoms with van der Waals surface area (Å²) in [4.78, 5) is 0. The molecule has 1 aromatic heterocycles. The number of hydrogen-bond donors (Lipinski definition) is 1. The van der Waals surface area contributed by atoms with Crippen LogP contribution in [0.4, 0.5) is 0 Å². The van der Waals surface area contributed by atoms with Crippen LogP contribution in [-0.2, 0) is 13.0 Å². The zero-order chi connectivity index (χ0) is 14.1. The smallest absolute Gasteiger partial charge is 0.0470 e. The molecular formula is C18H24N2. The zero-order valence-electron chi connectivity index (χ0n) is 12.7. The Hall–Kier alpha value is -1.54. The Morgan fingerprint density at radius 2 is 2.05 bits per heavy atom. The first-order chi connectivity index (χ1) is 9.67. The second kappa shape index (κ2) is 5.45. The van der Waals surface area contributed by atoms with E-state index in [0.29, 0.717) is 6.04 Å². The summed E-state index contributed by atoms with van der Waals surface area (Å²) in [5, 5.41) is 3.44. The van der Waals surface area contributed by atoms with Crippen molar-refractivity contribution < 1.29 is 0 Å². The van der Waals surface area contributed by atoms with E-state index in [1.165, 1.54) is 47.1 Å². The van der Waals surface area contributed by atoms with Gasteiger partial charge in [0.25, 0.3) is 0 Å². The largest absolute Gasteiger partial charge is 0.349 e. The maximum absolute atomic E-state index is 3.44. The van der Waals surface area contributed by atoms with Gasteiger partial charge in [0.15, 0.2) is 0 Å². The topological polar surface area (TPSA) is 17.0 Å². The molecule has 0 saturated heterocycles. The van der Waals surface area contributed by atoms with Crippen molar-refractivity contribution in [1.82, 2.24) is 9.88 Å². The van der Waals surface area contributed by atoms with Gasteiger partial charge >= 0.3 is 0 Å². The number of fused-ring (bicyclic) bond motifs is 1. The highest BCUT2D eigenvalue weighted by atomic mass is 15.0. The fourth-order valence-electron chi connectivity index (χ4n) is 3.25. The van der Waals surface area contributed by atoms with Gasteiger partial charge in [0, 0.05) is 25.0 Å². The Labute approximate surface area is 121 Å². The van der Waals surface area contributed by atoms with Gasteiger partial charge in [-0.2, -0.15) is 0 Å². The molecule has 0 aliphatic heterocycles. The predicted molar refractivity (Wildman–Crippen MR) is 84.2 cm³/mol. The summed E-state index contributed by atoms with van der Waals surface area (Å²) >= 11 is 0. The maximum Gasteiger partial charge on any atom is 0.0470 e. The quantitative estimate of drug-likeness (QED) is 0.897. The Morgan fingerprint density at radius 1 is 1.20 bits per heavy atom. The molecule has 3 rings (SSSR count). The van der Waals surface area contributed by atoms with Gasteiger partial charge < -0.3 is 9.88 Å². The minimum Gasteiger partial charge on any atom is -0.349 e. The molecule has 20 heavy (non-hydrogen) atoms.